The van der Waals surface area contributed by atoms with E-state index in [1.807, 2.05) is 23.6 Å². The average Bonchev–Trinajstić information content (AvgIpc) is 3.34. The number of thiophene rings is 1. The van der Waals surface area contributed by atoms with E-state index in [2.05, 4.69) is 10.1 Å². The summed E-state index contributed by atoms with van der Waals surface area (Å²) in [5, 5.41) is 6.09. The molecule has 9 heteroatoms. The number of nitrogens with zero attached hydrogens (tertiary/aromatic N) is 3. The number of benzene rings is 1. The lowest BCUT2D eigenvalue weighted by Crippen LogP contribution is -2.48. The molecule has 0 bridgehead atoms. The Labute approximate surface area is 160 Å². The van der Waals surface area contributed by atoms with Crippen molar-refractivity contribution in [2.45, 2.75) is 11.4 Å². The molecule has 0 atom stereocenters. The third-order valence-electron chi connectivity index (χ3n) is 4.47. The van der Waals surface area contributed by atoms with Gasteiger partial charge in [-0.3, -0.25) is 4.90 Å². The molecule has 0 N–H and O–H groups in total. The maximum absolute atomic E-state index is 13.4. The lowest BCUT2D eigenvalue weighted by atomic mass is 10.3. The number of hydrogen-bond acceptors (Lipinski definition) is 6. The van der Waals surface area contributed by atoms with Crippen molar-refractivity contribution in [2.75, 3.05) is 26.2 Å². The first-order valence-corrected chi connectivity index (χ1v) is 10.8. The van der Waals surface area contributed by atoms with Crippen molar-refractivity contribution >= 4 is 21.4 Å². The molecule has 1 saturated heterocycles. The van der Waals surface area contributed by atoms with E-state index in [1.165, 1.54) is 22.5 Å². The standard InChI is InChI=1S/C18H18FN3O3S2/c19-14-3-1-4-16(11-14)27(23,24)22-8-6-21(7-9-22)13-15-12-17(25-20-15)18-5-2-10-26-18/h1-5,10-12H,6-9,13H2. The molecule has 0 amide bonds. The topological polar surface area (TPSA) is 66.7 Å². The van der Waals surface area contributed by atoms with E-state index in [9.17, 15) is 12.8 Å². The van der Waals surface area contributed by atoms with Crippen LogP contribution in [0.2, 0.25) is 0 Å². The lowest BCUT2D eigenvalue weighted by molar-refractivity contribution is 0.178. The van der Waals surface area contributed by atoms with E-state index >= 15 is 0 Å². The fraction of sp³-hybridized carbons (Fsp3) is 0.278. The van der Waals surface area contributed by atoms with Crippen molar-refractivity contribution < 1.29 is 17.3 Å². The van der Waals surface area contributed by atoms with Gasteiger partial charge in [0.25, 0.3) is 0 Å². The minimum Gasteiger partial charge on any atom is -0.355 e. The van der Waals surface area contributed by atoms with Crippen LogP contribution in [0.15, 0.2) is 57.3 Å². The molecule has 0 spiro atoms. The first kappa shape index (κ1) is 18.3. The Hall–Kier alpha value is -2.07. The van der Waals surface area contributed by atoms with Crippen LogP contribution in [0, 0.1) is 5.82 Å². The Morgan fingerprint density at radius 1 is 1.11 bits per heavy atom. The summed E-state index contributed by atoms with van der Waals surface area (Å²) in [7, 11) is -3.67. The van der Waals surface area contributed by atoms with Crippen LogP contribution >= 0.6 is 11.3 Å². The van der Waals surface area contributed by atoms with Gasteiger partial charge in [-0.15, -0.1) is 11.3 Å². The molecule has 0 saturated carbocycles. The highest BCUT2D eigenvalue weighted by Crippen LogP contribution is 2.26. The predicted molar refractivity (Wildman–Crippen MR) is 100 cm³/mol. The maximum Gasteiger partial charge on any atom is 0.243 e. The van der Waals surface area contributed by atoms with E-state index in [-0.39, 0.29) is 4.90 Å². The Balaban J connectivity index is 1.38. The van der Waals surface area contributed by atoms with Crippen molar-refractivity contribution in [1.82, 2.24) is 14.4 Å². The molecule has 2 aromatic heterocycles. The molecule has 142 valence electrons. The molecular weight excluding hydrogens is 389 g/mol. The lowest BCUT2D eigenvalue weighted by Gasteiger charge is -2.33. The maximum atomic E-state index is 13.4. The quantitative estimate of drug-likeness (QED) is 0.650. The summed E-state index contributed by atoms with van der Waals surface area (Å²) in [5.41, 5.74) is 0.819. The SMILES string of the molecule is O=S(=O)(c1cccc(F)c1)N1CCN(Cc2cc(-c3cccs3)on2)CC1. The first-order valence-electron chi connectivity index (χ1n) is 8.50. The van der Waals surface area contributed by atoms with Crippen molar-refractivity contribution in [3.8, 4) is 10.6 Å². The van der Waals surface area contributed by atoms with Crippen molar-refractivity contribution in [3.63, 3.8) is 0 Å². The van der Waals surface area contributed by atoms with Crippen molar-refractivity contribution in [1.29, 1.82) is 0 Å². The number of rotatable bonds is 5. The van der Waals surface area contributed by atoms with E-state index in [0.29, 0.717) is 32.7 Å². The molecule has 1 fully saturated rings. The summed E-state index contributed by atoms with van der Waals surface area (Å²) in [6, 6.07) is 11.0. The summed E-state index contributed by atoms with van der Waals surface area (Å²) in [4.78, 5) is 3.15. The van der Waals surface area contributed by atoms with Crippen LogP contribution < -0.4 is 0 Å². The second kappa shape index (κ2) is 7.51. The van der Waals surface area contributed by atoms with E-state index in [1.54, 1.807) is 11.3 Å². The minimum atomic E-state index is -3.67. The molecule has 1 aromatic carbocycles. The van der Waals surface area contributed by atoms with E-state index < -0.39 is 15.8 Å². The van der Waals surface area contributed by atoms with Crippen molar-refractivity contribution in [2.24, 2.45) is 0 Å². The molecule has 1 aliphatic rings. The van der Waals surface area contributed by atoms with Crippen LogP contribution in [0.3, 0.4) is 0 Å². The van der Waals surface area contributed by atoms with E-state index in [0.717, 1.165) is 22.4 Å². The fourth-order valence-corrected chi connectivity index (χ4v) is 5.18. The summed E-state index contributed by atoms with van der Waals surface area (Å²) >= 11 is 1.59. The van der Waals surface area contributed by atoms with Gasteiger partial charge in [0, 0.05) is 38.8 Å². The highest BCUT2D eigenvalue weighted by atomic mass is 32.2. The van der Waals surface area contributed by atoms with Crippen LogP contribution in [-0.4, -0.2) is 49.0 Å². The van der Waals surface area contributed by atoms with Gasteiger partial charge in [-0.1, -0.05) is 17.3 Å². The van der Waals surface area contributed by atoms with Gasteiger partial charge in [0.2, 0.25) is 10.0 Å². The van der Waals surface area contributed by atoms with E-state index in [4.69, 9.17) is 4.52 Å². The summed E-state index contributed by atoms with van der Waals surface area (Å²) in [6.45, 7) is 2.47. The summed E-state index contributed by atoms with van der Waals surface area (Å²) < 4.78 is 45.5. The second-order valence-electron chi connectivity index (χ2n) is 6.30. The Bertz CT molecular complexity index is 1010. The van der Waals surface area contributed by atoms with Gasteiger partial charge >= 0.3 is 0 Å². The van der Waals surface area contributed by atoms with Gasteiger partial charge in [-0.25, -0.2) is 12.8 Å². The molecule has 0 aliphatic carbocycles. The Morgan fingerprint density at radius 2 is 1.93 bits per heavy atom. The fourth-order valence-electron chi connectivity index (χ4n) is 3.05. The first-order chi connectivity index (χ1) is 13.0. The third-order valence-corrected chi connectivity index (χ3v) is 7.25. The highest BCUT2D eigenvalue weighted by Gasteiger charge is 2.29. The molecular formula is C18H18FN3O3S2. The summed E-state index contributed by atoms with van der Waals surface area (Å²) in [6.07, 6.45) is 0. The smallest absolute Gasteiger partial charge is 0.243 e. The number of sulfonamides is 1. The molecule has 6 nitrogen and oxygen atoms in total. The van der Waals surface area contributed by atoms with Crippen LogP contribution in [0.4, 0.5) is 4.39 Å². The Morgan fingerprint density at radius 3 is 2.63 bits per heavy atom. The molecule has 3 aromatic rings. The van der Waals surface area contributed by atoms with Gasteiger partial charge < -0.3 is 4.52 Å². The minimum absolute atomic E-state index is 0.00644. The Kier molecular flexibility index (Phi) is 5.09. The molecule has 3 heterocycles. The van der Waals surface area contributed by atoms with Crippen LogP contribution in [-0.2, 0) is 16.6 Å². The third kappa shape index (κ3) is 3.96. The molecule has 1 aliphatic heterocycles. The largest absolute Gasteiger partial charge is 0.355 e. The summed E-state index contributed by atoms with van der Waals surface area (Å²) in [5.74, 6) is 0.189. The number of hydrogen-bond donors (Lipinski definition) is 0. The monoisotopic (exact) mass is 407 g/mol. The van der Waals surface area contributed by atoms with Gasteiger partial charge in [-0.2, -0.15) is 4.31 Å². The molecule has 27 heavy (non-hydrogen) atoms. The van der Waals surface area contributed by atoms with Crippen LogP contribution in [0.25, 0.3) is 10.6 Å². The molecule has 4 rings (SSSR count). The molecule has 0 radical (unpaired) electrons. The van der Waals surface area contributed by atoms with Crippen LogP contribution in [0.1, 0.15) is 5.69 Å². The second-order valence-corrected chi connectivity index (χ2v) is 9.18. The highest BCUT2D eigenvalue weighted by molar-refractivity contribution is 7.89. The zero-order chi connectivity index (χ0) is 18.9. The molecule has 0 unspecified atom stereocenters. The van der Waals surface area contributed by atoms with Crippen LogP contribution in [0.5, 0.6) is 0 Å². The van der Waals surface area contributed by atoms with Crippen molar-refractivity contribution in [3.05, 3.63) is 59.4 Å². The van der Waals surface area contributed by atoms with Gasteiger partial charge in [0.15, 0.2) is 5.76 Å². The van der Waals surface area contributed by atoms with Gasteiger partial charge in [0.05, 0.1) is 15.5 Å². The average molecular weight is 407 g/mol. The number of piperazine rings is 1. The zero-order valence-electron chi connectivity index (χ0n) is 14.4. The number of aromatic nitrogens is 1. The normalized spacial score (nSPS) is 16.6. The zero-order valence-corrected chi connectivity index (χ0v) is 16.0. The predicted octanol–water partition coefficient (Wildman–Crippen LogP) is 3.05. The van der Waals surface area contributed by atoms with Gasteiger partial charge in [-0.05, 0) is 29.6 Å². The van der Waals surface area contributed by atoms with Gasteiger partial charge in [0.1, 0.15) is 5.82 Å². The number of halogens is 1.